The summed E-state index contributed by atoms with van der Waals surface area (Å²) in [6, 6.07) is 22.9. The first-order valence-electron chi connectivity index (χ1n) is 10.2. The summed E-state index contributed by atoms with van der Waals surface area (Å²) in [5.74, 6) is 0.718. The monoisotopic (exact) mass is 420 g/mol. The Morgan fingerprint density at radius 3 is 2.43 bits per heavy atom. The van der Waals surface area contributed by atoms with Crippen LogP contribution in [0.15, 0.2) is 72.8 Å². The van der Waals surface area contributed by atoms with Gasteiger partial charge in [0.15, 0.2) is 0 Å². The number of likely N-dealkylation sites (tertiary alicyclic amines) is 1. The molecule has 1 saturated heterocycles. The van der Waals surface area contributed by atoms with Crippen LogP contribution in [0.5, 0.6) is 5.75 Å². The van der Waals surface area contributed by atoms with Crippen molar-refractivity contribution < 1.29 is 9.53 Å². The Kier molecular flexibility index (Phi) is 6.36. The van der Waals surface area contributed by atoms with Gasteiger partial charge < -0.3 is 15.0 Å². The molecule has 3 aromatic rings. The highest BCUT2D eigenvalue weighted by atomic mass is 35.5. The largest absolute Gasteiger partial charge is 0.490 e. The fourth-order valence-electron chi connectivity index (χ4n) is 3.63. The second-order valence-corrected chi connectivity index (χ2v) is 8.13. The molecular formula is C25H25ClN2O2. The van der Waals surface area contributed by atoms with Crippen LogP contribution in [-0.2, 0) is 0 Å². The number of rotatable bonds is 5. The summed E-state index contributed by atoms with van der Waals surface area (Å²) < 4.78 is 6.14. The first-order chi connectivity index (χ1) is 14.6. The van der Waals surface area contributed by atoms with Crippen LogP contribution in [0.25, 0.3) is 11.1 Å². The van der Waals surface area contributed by atoms with Gasteiger partial charge in [-0.3, -0.25) is 4.79 Å². The molecule has 1 amide bonds. The lowest BCUT2D eigenvalue weighted by Gasteiger charge is -2.29. The Hall–Kier alpha value is -2.82. The van der Waals surface area contributed by atoms with E-state index in [1.807, 2.05) is 36.4 Å². The topological polar surface area (TPSA) is 41.6 Å². The van der Waals surface area contributed by atoms with Crippen molar-refractivity contribution in [3.63, 3.8) is 0 Å². The number of piperidine rings is 1. The minimum atomic E-state index is -0.184. The molecule has 1 aliphatic rings. The van der Waals surface area contributed by atoms with Crippen molar-refractivity contribution in [2.45, 2.75) is 18.9 Å². The lowest BCUT2D eigenvalue weighted by molar-refractivity contribution is 0.102. The number of nitrogens with zero attached hydrogens (tertiary/aromatic N) is 1. The molecule has 4 rings (SSSR count). The van der Waals surface area contributed by atoms with E-state index >= 15 is 0 Å². The molecule has 1 N–H and O–H groups in total. The Labute approximate surface area is 182 Å². The van der Waals surface area contributed by atoms with Gasteiger partial charge in [0.2, 0.25) is 0 Å². The van der Waals surface area contributed by atoms with Crippen molar-refractivity contribution in [2.75, 3.05) is 25.5 Å². The van der Waals surface area contributed by atoms with Gasteiger partial charge in [0.05, 0.1) is 0 Å². The zero-order valence-electron chi connectivity index (χ0n) is 17.0. The van der Waals surface area contributed by atoms with Gasteiger partial charge in [-0.2, -0.15) is 0 Å². The standard InChI is InChI=1S/C25H25ClN2O2/c1-28-14-12-24(13-15-28)30-23-10-8-18(9-11-23)19-4-3-7-22(17-19)27-25(29)20-5-2-6-21(26)16-20/h2-11,16-17,24H,12-15H2,1H3,(H,27,29). The fraction of sp³-hybridized carbons (Fsp3) is 0.240. The molecule has 0 spiro atoms. The summed E-state index contributed by atoms with van der Waals surface area (Å²) in [5.41, 5.74) is 3.38. The predicted octanol–water partition coefficient (Wildman–Crippen LogP) is 5.73. The van der Waals surface area contributed by atoms with Gasteiger partial charge in [-0.05, 0) is 73.5 Å². The number of carbonyl (C=O) groups is 1. The quantitative estimate of drug-likeness (QED) is 0.572. The fourth-order valence-corrected chi connectivity index (χ4v) is 3.82. The van der Waals surface area contributed by atoms with E-state index in [4.69, 9.17) is 16.3 Å². The normalized spacial score (nSPS) is 15.0. The maximum Gasteiger partial charge on any atom is 0.255 e. The van der Waals surface area contributed by atoms with Crippen LogP contribution in [0.3, 0.4) is 0 Å². The summed E-state index contributed by atoms with van der Waals surface area (Å²) in [7, 11) is 2.15. The molecule has 0 radical (unpaired) electrons. The minimum absolute atomic E-state index is 0.184. The third kappa shape index (κ3) is 5.21. The van der Waals surface area contributed by atoms with Crippen LogP contribution in [-0.4, -0.2) is 37.0 Å². The second kappa shape index (κ2) is 9.33. The number of hydrogen-bond acceptors (Lipinski definition) is 3. The number of amides is 1. The van der Waals surface area contributed by atoms with Crippen LogP contribution in [0.4, 0.5) is 5.69 Å². The Bertz CT molecular complexity index is 1010. The SMILES string of the molecule is CN1CCC(Oc2ccc(-c3cccc(NC(=O)c4cccc(Cl)c4)c3)cc2)CC1. The van der Waals surface area contributed by atoms with Crippen LogP contribution >= 0.6 is 11.6 Å². The van der Waals surface area contributed by atoms with E-state index in [1.54, 1.807) is 24.3 Å². The minimum Gasteiger partial charge on any atom is -0.490 e. The number of ether oxygens (including phenoxy) is 1. The third-order valence-electron chi connectivity index (χ3n) is 5.36. The summed E-state index contributed by atoms with van der Waals surface area (Å²) in [4.78, 5) is 14.8. The van der Waals surface area contributed by atoms with E-state index in [9.17, 15) is 4.79 Å². The van der Waals surface area contributed by atoms with E-state index in [1.165, 1.54) is 0 Å². The first kappa shape index (κ1) is 20.5. The molecule has 5 heteroatoms. The van der Waals surface area contributed by atoms with Crippen molar-refractivity contribution in [1.29, 1.82) is 0 Å². The number of benzene rings is 3. The zero-order valence-corrected chi connectivity index (χ0v) is 17.7. The third-order valence-corrected chi connectivity index (χ3v) is 5.60. The molecule has 0 aliphatic carbocycles. The molecule has 1 fully saturated rings. The summed E-state index contributed by atoms with van der Waals surface area (Å²) in [6.07, 6.45) is 2.41. The molecule has 4 nitrogen and oxygen atoms in total. The number of hydrogen-bond donors (Lipinski definition) is 1. The molecule has 1 aliphatic heterocycles. The van der Waals surface area contributed by atoms with Gasteiger partial charge in [-0.25, -0.2) is 0 Å². The van der Waals surface area contributed by atoms with Crippen molar-refractivity contribution in [2.24, 2.45) is 0 Å². The smallest absolute Gasteiger partial charge is 0.255 e. The van der Waals surface area contributed by atoms with Crippen LogP contribution in [0.1, 0.15) is 23.2 Å². The van der Waals surface area contributed by atoms with E-state index < -0.39 is 0 Å². The highest BCUT2D eigenvalue weighted by Gasteiger charge is 2.18. The van der Waals surface area contributed by atoms with Crippen molar-refractivity contribution in [3.05, 3.63) is 83.4 Å². The lowest BCUT2D eigenvalue weighted by atomic mass is 10.0. The van der Waals surface area contributed by atoms with Gasteiger partial charge in [-0.1, -0.05) is 41.9 Å². The maximum absolute atomic E-state index is 12.5. The maximum atomic E-state index is 12.5. The van der Waals surface area contributed by atoms with Crippen LogP contribution < -0.4 is 10.1 Å². The van der Waals surface area contributed by atoms with E-state index in [0.29, 0.717) is 10.6 Å². The first-order valence-corrected chi connectivity index (χ1v) is 10.6. The van der Waals surface area contributed by atoms with E-state index in [-0.39, 0.29) is 12.0 Å². The van der Waals surface area contributed by atoms with Crippen molar-refractivity contribution in [3.8, 4) is 16.9 Å². The van der Waals surface area contributed by atoms with Gasteiger partial charge in [0.1, 0.15) is 11.9 Å². The Morgan fingerprint density at radius 2 is 1.70 bits per heavy atom. The number of anilines is 1. The molecular weight excluding hydrogens is 396 g/mol. The van der Waals surface area contributed by atoms with Crippen molar-refractivity contribution >= 4 is 23.2 Å². The molecule has 3 aromatic carbocycles. The average molecular weight is 421 g/mol. The predicted molar refractivity (Wildman–Crippen MR) is 122 cm³/mol. The molecule has 0 aromatic heterocycles. The van der Waals surface area contributed by atoms with Gasteiger partial charge in [0, 0.05) is 29.4 Å². The van der Waals surface area contributed by atoms with Gasteiger partial charge >= 0.3 is 0 Å². The highest BCUT2D eigenvalue weighted by molar-refractivity contribution is 6.31. The molecule has 1 heterocycles. The molecule has 0 bridgehead atoms. The van der Waals surface area contributed by atoms with E-state index in [0.717, 1.165) is 48.5 Å². The lowest BCUT2D eigenvalue weighted by Crippen LogP contribution is -2.35. The number of nitrogens with one attached hydrogen (secondary N) is 1. The molecule has 0 atom stereocenters. The molecule has 154 valence electrons. The highest BCUT2D eigenvalue weighted by Crippen LogP contribution is 2.26. The zero-order chi connectivity index (χ0) is 20.9. The molecule has 0 unspecified atom stereocenters. The Morgan fingerprint density at radius 1 is 0.967 bits per heavy atom. The Balaban J connectivity index is 1.42. The van der Waals surface area contributed by atoms with Crippen molar-refractivity contribution in [1.82, 2.24) is 4.90 Å². The number of halogens is 1. The molecule has 0 saturated carbocycles. The summed E-state index contributed by atoms with van der Waals surface area (Å²) >= 11 is 5.99. The average Bonchev–Trinajstić information content (AvgIpc) is 2.76. The van der Waals surface area contributed by atoms with Crippen LogP contribution in [0.2, 0.25) is 5.02 Å². The van der Waals surface area contributed by atoms with E-state index in [2.05, 4.69) is 29.4 Å². The van der Waals surface area contributed by atoms with Gasteiger partial charge in [0.25, 0.3) is 5.91 Å². The summed E-state index contributed by atoms with van der Waals surface area (Å²) in [5, 5.41) is 3.48. The number of carbonyl (C=O) groups excluding carboxylic acids is 1. The molecule has 30 heavy (non-hydrogen) atoms. The summed E-state index contributed by atoms with van der Waals surface area (Å²) in [6.45, 7) is 2.16. The van der Waals surface area contributed by atoms with Gasteiger partial charge in [-0.15, -0.1) is 0 Å². The second-order valence-electron chi connectivity index (χ2n) is 7.69. The van der Waals surface area contributed by atoms with Crippen LogP contribution in [0, 0.1) is 0 Å².